The van der Waals surface area contributed by atoms with Crippen molar-refractivity contribution >= 4 is 23.4 Å². The van der Waals surface area contributed by atoms with Crippen LogP contribution in [-0.4, -0.2) is 40.3 Å². The predicted octanol–water partition coefficient (Wildman–Crippen LogP) is 2.11. The molecule has 0 aliphatic carbocycles. The first-order valence-electron chi connectivity index (χ1n) is 8.79. The van der Waals surface area contributed by atoms with Gasteiger partial charge in [0.2, 0.25) is 5.90 Å². The molecule has 9 nitrogen and oxygen atoms in total. The van der Waals surface area contributed by atoms with E-state index < -0.39 is 24.3 Å². The van der Waals surface area contributed by atoms with Crippen LogP contribution < -0.4 is 16.4 Å². The molecule has 0 unspecified atom stereocenters. The third-order valence-corrected chi connectivity index (χ3v) is 3.38. The van der Waals surface area contributed by atoms with Crippen molar-refractivity contribution in [3.05, 3.63) is 52.7 Å². The fourth-order valence-electron chi connectivity index (χ4n) is 2.15. The van der Waals surface area contributed by atoms with Crippen LogP contribution in [0.3, 0.4) is 0 Å². The van der Waals surface area contributed by atoms with E-state index in [0.29, 0.717) is 5.56 Å². The number of carbonyl (C=O) groups is 1. The highest BCUT2D eigenvalue weighted by Gasteiger charge is 2.16. The molecule has 1 heterocycles. The number of aliphatic hydroxyl groups excluding tert-OH is 2. The minimum Gasteiger partial charge on any atom is -0.481 e. The lowest BCUT2D eigenvalue weighted by atomic mass is 10.1. The minimum absolute atomic E-state index is 0.0435. The SMILES string of the molecule is CC(C)O.COC(=N)c1c(N)cc(NC(=O)NCc2ccc(F)c(F)c2)nc1CO. The van der Waals surface area contributed by atoms with Crippen molar-refractivity contribution < 1.29 is 28.5 Å². The average Bonchev–Trinajstić information content (AvgIpc) is 2.67. The van der Waals surface area contributed by atoms with Crippen molar-refractivity contribution in [2.75, 3.05) is 18.2 Å². The number of aromatic nitrogens is 1. The number of methoxy groups -OCH3 is 1. The zero-order valence-electron chi connectivity index (χ0n) is 16.8. The van der Waals surface area contributed by atoms with Gasteiger partial charge >= 0.3 is 6.03 Å². The summed E-state index contributed by atoms with van der Waals surface area (Å²) in [6.45, 7) is 2.88. The molecule has 2 rings (SSSR count). The van der Waals surface area contributed by atoms with Crippen LogP contribution in [0.15, 0.2) is 24.3 Å². The summed E-state index contributed by atoms with van der Waals surface area (Å²) in [6.07, 6.45) is -0.167. The number of pyridine rings is 1. The van der Waals surface area contributed by atoms with Crippen LogP contribution in [0, 0.1) is 17.0 Å². The molecule has 0 atom stereocenters. The maximum absolute atomic E-state index is 13.1. The number of carbonyl (C=O) groups excluding carboxylic acids is 1. The van der Waals surface area contributed by atoms with E-state index in [1.165, 1.54) is 19.2 Å². The van der Waals surface area contributed by atoms with Gasteiger partial charge in [-0.1, -0.05) is 6.07 Å². The van der Waals surface area contributed by atoms with E-state index in [-0.39, 0.29) is 41.3 Å². The second kappa shape index (κ2) is 11.6. The molecule has 0 aliphatic heterocycles. The molecular weight excluding hydrogens is 400 g/mol. The second-order valence-corrected chi connectivity index (χ2v) is 6.26. The van der Waals surface area contributed by atoms with Gasteiger partial charge in [0.1, 0.15) is 5.82 Å². The molecule has 2 amide bonds. The lowest BCUT2D eigenvalue weighted by molar-refractivity contribution is 0.216. The lowest BCUT2D eigenvalue weighted by Crippen LogP contribution is -2.29. The van der Waals surface area contributed by atoms with Crippen LogP contribution in [0.25, 0.3) is 0 Å². The van der Waals surface area contributed by atoms with Crippen LogP contribution in [0.2, 0.25) is 0 Å². The van der Waals surface area contributed by atoms with E-state index >= 15 is 0 Å². The Bertz CT molecular complexity index is 891. The smallest absolute Gasteiger partial charge is 0.320 e. The molecule has 0 fully saturated rings. The van der Waals surface area contributed by atoms with Crippen molar-refractivity contribution in [3.8, 4) is 0 Å². The number of amides is 2. The number of nitrogens with one attached hydrogen (secondary N) is 3. The molecule has 0 saturated carbocycles. The van der Waals surface area contributed by atoms with Crippen LogP contribution in [-0.2, 0) is 17.9 Å². The largest absolute Gasteiger partial charge is 0.481 e. The number of rotatable bonds is 5. The van der Waals surface area contributed by atoms with Gasteiger partial charge < -0.3 is 26.0 Å². The van der Waals surface area contributed by atoms with Crippen LogP contribution in [0.4, 0.5) is 25.1 Å². The Hall–Kier alpha value is -3.31. The fraction of sp³-hybridized carbons (Fsp3) is 0.316. The number of urea groups is 1. The Labute approximate surface area is 172 Å². The molecular formula is C19H25F2N5O4. The fourth-order valence-corrected chi connectivity index (χ4v) is 2.15. The lowest BCUT2D eigenvalue weighted by Gasteiger charge is -2.13. The monoisotopic (exact) mass is 425 g/mol. The summed E-state index contributed by atoms with van der Waals surface area (Å²) in [6, 6.07) is 3.91. The quantitative estimate of drug-likeness (QED) is 0.319. The van der Waals surface area contributed by atoms with E-state index in [1.54, 1.807) is 13.8 Å². The zero-order chi connectivity index (χ0) is 22.8. The van der Waals surface area contributed by atoms with Gasteiger partial charge in [-0.05, 0) is 31.5 Å². The summed E-state index contributed by atoms with van der Waals surface area (Å²) in [7, 11) is 1.28. The molecule has 7 N–H and O–H groups in total. The highest BCUT2D eigenvalue weighted by Crippen LogP contribution is 2.21. The van der Waals surface area contributed by atoms with Gasteiger partial charge in [0.25, 0.3) is 0 Å². The molecule has 0 bridgehead atoms. The summed E-state index contributed by atoms with van der Waals surface area (Å²) in [4.78, 5) is 15.9. The van der Waals surface area contributed by atoms with E-state index in [2.05, 4.69) is 15.6 Å². The van der Waals surface area contributed by atoms with Gasteiger partial charge in [-0.25, -0.2) is 18.6 Å². The molecule has 164 valence electrons. The topological polar surface area (TPSA) is 154 Å². The van der Waals surface area contributed by atoms with Crippen molar-refractivity contribution in [2.45, 2.75) is 33.1 Å². The molecule has 0 radical (unpaired) electrons. The van der Waals surface area contributed by atoms with Crippen molar-refractivity contribution in [1.82, 2.24) is 10.3 Å². The maximum atomic E-state index is 13.1. The molecule has 11 heteroatoms. The first-order valence-corrected chi connectivity index (χ1v) is 8.79. The van der Waals surface area contributed by atoms with Gasteiger partial charge in [0.15, 0.2) is 11.6 Å². The number of halogens is 2. The number of benzene rings is 1. The number of ether oxygens (including phenoxy) is 1. The summed E-state index contributed by atoms with van der Waals surface area (Å²) >= 11 is 0. The first kappa shape index (κ1) is 24.7. The second-order valence-electron chi connectivity index (χ2n) is 6.26. The highest BCUT2D eigenvalue weighted by molar-refractivity contribution is 5.99. The Kier molecular flexibility index (Phi) is 9.59. The van der Waals surface area contributed by atoms with Crippen LogP contribution in [0.5, 0.6) is 0 Å². The number of anilines is 2. The molecule has 2 aromatic rings. The minimum atomic E-state index is -1.01. The third-order valence-electron chi connectivity index (χ3n) is 3.38. The van der Waals surface area contributed by atoms with Crippen LogP contribution >= 0.6 is 0 Å². The number of aliphatic hydroxyl groups is 2. The number of hydrogen-bond acceptors (Lipinski definition) is 7. The number of nitrogen functional groups attached to an aromatic ring is 1. The van der Waals surface area contributed by atoms with E-state index in [4.69, 9.17) is 21.0 Å². The van der Waals surface area contributed by atoms with Crippen LogP contribution in [0.1, 0.15) is 30.7 Å². The predicted molar refractivity (Wildman–Crippen MR) is 108 cm³/mol. The van der Waals surface area contributed by atoms with Gasteiger partial charge in [-0.3, -0.25) is 10.7 Å². The van der Waals surface area contributed by atoms with Crippen molar-refractivity contribution in [3.63, 3.8) is 0 Å². The molecule has 1 aromatic heterocycles. The number of hydrogen-bond donors (Lipinski definition) is 6. The third kappa shape index (κ3) is 7.60. The summed E-state index contributed by atoms with van der Waals surface area (Å²) in [5.74, 6) is -2.21. The number of nitrogens with zero attached hydrogens (tertiary/aromatic N) is 1. The summed E-state index contributed by atoms with van der Waals surface area (Å²) in [5, 5.41) is 30.0. The Morgan fingerprint density at radius 1 is 1.30 bits per heavy atom. The molecule has 0 saturated heterocycles. The molecule has 1 aromatic carbocycles. The Balaban J connectivity index is 0.00000103. The van der Waals surface area contributed by atoms with Gasteiger partial charge in [-0.15, -0.1) is 0 Å². The van der Waals surface area contributed by atoms with Gasteiger partial charge in [0.05, 0.1) is 25.0 Å². The van der Waals surface area contributed by atoms with Crippen molar-refractivity contribution in [1.29, 1.82) is 5.41 Å². The average molecular weight is 425 g/mol. The zero-order valence-corrected chi connectivity index (χ0v) is 16.8. The number of nitrogens with two attached hydrogens (primary N) is 1. The van der Waals surface area contributed by atoms with E-state index in [9.17, 15) is 18.7 Å². The Morgan fingerprint density at radius 2 is 1.93 bits per heavy atom. The Morgan fingerprint density at radius 3 is 2.47 bits per heavy atom. The van der Waals surface area contributed by atoms with Gasteiger partial charge in [-0.2, -0.15) is 0 Å². The first-order chi connectivity index (χ1) is 14.1. The summed E-state index contributed by atoms with van der Waals surface area (Å²) in [5.41, 5.74) is 6.47. The van der Waals surface area contributed by atoms with Crippen molar-refractivity contribution in [2.24, 2.45) is 0 Å². The van der Waals surface area contributed by atoms with E-state index in [1.807, 2.05) is 0 Å². The van der Waals surface area contributed by atoms with E-state index in [0.717, 1.165) is 12.1 Å². The van der Waals surface area contributed by atoms with Gasteiger partial charge in [0, 0.05) is 24.4 Å². The summed E-state index contributed by atoms with van der Waals surface area (Å²) < 4.78 is 30.8. The molecule has 0 aliphatic rings. The standard InChI is InChI=1S/C16H17F2N5O3.C3H8O/c1-26-15(20)14-11(19)5-13(22-12(14)7-24)23-16(25)21-6-8-2-3-9(17)10(18)4-8;1-3(2)4/h2-5,20,24H,6-7H2,1H3,(H4,19,21,22,23,25);3-4H,1-2H3. The molecule has 30 heavy (non-hydrogen) atoms. The normalized spacial score (nSPS) is 10.1. The maximum Gasteiger partial charge on any atom is 0.320 e. The highest BCUT2D eigenvalue weighted by atomic mass is 19.2. The molecule has 0 spiro atoms.